The quantitative estimate of drug-likeness (QED) is 0.315. The summed E-state index contributed by atoms with van der Waals surface area (Å²) in [6.07, 6.45) is 1.40. The van der Waals surface area contributed by atoms with E-state index in [0.29, 0.717) is 12.8 Å². The summed E-state index contributed by atoms with van der Waals surface area (Å²) in [6.45, 7) is -5.46. The summed E-state index contributed by atoms with van der Waals surface area (Å²) in [7, 11) is 0. The molecule has 0 rings (SSSR count). The van der Waals surface area contributed by atoms with E-state index in [1.54, 1.807) is 6.92 Å². The molecular weight excluding hydrogens is 396 g/mol. The molecule has 0 bridgehead atoms. The van der Waals surface area contributed by atoms with E-state index in [2.05, 4.69) is 9.47 Å². The average Bonchev–Trinajstić information content (AvgIpc) is 2.58. The second kappa shape index (κ2) is 10.7. The first-order chi connectivity index (χ1) is 12.3. The van der Waals surface area contributed by atoms with E-state index < -0.39 is 69.2 Å². The van der Waals surface area contributed by atoms with Gasteiger partial charge in [0.05, 0.1) is 19.8 Å². The lowest BCUT2D eigenvalue weighted by molar-refractivity contribution is -0.377. The maximum absolute atomic E-state index is 13.6. The summed E-state index contributed by atoms with van der Waals surface area (Å²) in [6, 6.07) is 0. The highest BCUT2D eigenvalue weighted by molar-refractivity contribution is 5.03. The molecule has 0 aliphatic carbocycles. The van der Waals surface area contributed by atoms with Crippen molar-refractivity contribution in [2.24, 2.45) is 5.92 Å². The maximum Gasteiger partial charge on any atom is 0.380 e. The van der Waals surface area contributed by atoms with E-state index in [-0.39, 0.29) is 6.42 Å². The lowest BCUT2D eigenvalue weighted by Crippen LogP contribution is -2.64. The topological polar surface area (TPSA) is 58.9 Å². The molecular formula is C15H24F8O4. The molecule has 164 valence electrons. The standard InChI is InChI=1S/C15H24F8O4/c1-2-3-4-5-26-9-12(16,17)14(20,21)15(22,23)13(18,19)10-27-8-11(6-24)7-25/h11,24-25H,2-10H2,1H3. The highest BCUT2D eigenvalue weighted by Gasteiger charge is 2.80. The zero-order valence-electron chi connectivity index (χ0n) is 14.7. The van der Waals surface area contributed by atoms with Crippen LogP contribution in [0.15, 0.2) is 0 Å². The zero-order chi connectivity index (χ0) is 21.4. The first-order valence-electron chi connectivity index (χ1n) is 8.19. The molecule has 0 aliphatic rings. The summed E-state index contributed by atoms with van der Waals surface area (Å²) in [5, 5.41) is 17.4. The number of aliphatic hydroxyl groups excluding tert-OH is 2. The first kappa shape index (κ1) is 26.3. The third-order valence-electron chi connectivity index (χ3n) is 3.64. The Labute approximate surface area is 151 Å². The Kier molecular flexibility index (Phi) is 10.4. The third-order valence-corrected chi connectivity index (χ3v) is 3.64. The minimum atomic E-state index is -6.44. The molecule has 0 heterocycles. The van der Waals surface area contributed by atoms with Gasteiger partial charge in [0.1, 0.15) is 13.2 Å². The van der Waals surface area contributed by atoms with Gasteiger partial charge in [-0.1, -0.05) is 19.8 Å². The Morgan fingerprint density at radius 2 is 1.19 bits per heavy atom. The fourth-order valence-electron chi connectivity index (χ4n) is 1.81. The normalized spacial score (nSPS) is 14.2. The van der Waals surface area contributed by atoms with E-state index in [4.69, 9.17) is 10.2 Å². The van der Waals surface area contributed by atoms with Crippen LogP contribution >= 0.6 is 0 Å². The molecule has 0 amide bonds. The number of rotatable bonds is 15. The van der Waals surface area contributed by atoms with Crippen LogP contribution in [0.4, 0.5) is 35.1 Å². The van der Waals surface area contributed by atoms with Gasteiger partial charge in [0.15, 0.2) is 0 Å². The summed E-state index contributed by atoms with van der Waals surface area (Å²) in [4.78, 5) is 0. The van der Waals surface area contributed by atoms with Crippen LogP contribution in [0, 0.1) is 5.92 Å². The minimum Gasteiger partial charge on any atom is -0.396 e. The Morgan fingerprint density at radius 3 is 1.59 bits per heavy atom. The molecule has 0 aromatic rings. The highest BCUT2D eigenvalue weighted by atomic mass is 19.4. The number of unbranched alkanes of at least 4 members (excludes halogenated alkanes) is 2. The molecule has 0 unspecified atom stereocenters. The molecule has 0 aliphatic heterocycles. The van der Waals surface area contributed by atoms with Crippen molar-refractivity contribution in [3.8, 4) is 0 Å². The van der Waals surface area contributed by atoms with E-state index in [1.807, 2.05) is 0 Å². The second-order valence-corrected chi connectivity index (χ2v) is 6.06. The lowest BCUT2D eigenvalue weighted by Gasteiger charge is -2.36. The Hall–Kier alpha value is -0.720. The summed E-state index contributed by atoms with van der Waals surface area (Å²) >= 11 is 0. The molecule has 0 aromatic carbocycles. The SMILES string of the molecule is CCCCCOCC(F)(F)C(F)(F)C(F)(F)C(F)(F)COCC(CO)CO. The van der Waals surface area contributed by atoms with Gasteiger partial charge in [0.25, 0.3) is 0 Å². The fraction of sp³-hybridized carbons (Fsp3) is 1.00. The highest BCUT2D eigenvalue weighted by Crippen LogP contribution is 2.52. The van der Waals surface area contributed by atoms with E-state index in [1.165, 1.54) is 0 Å². The van der Waals surface area contributed by atoms with Crippen molar-refractivity contribution >= 4 is 0 Å². The zero-order valence-corrected chi connectivity index (χ0v) is 14.7. The van der Waals surface area contributed by atoms with Crippen LogP contribution in [-0.4, -0.2) is 73.5 Å². The summed E-state index contributed by atoms with van der Waals surface area (Å²) in [5.41, 5.74) is 0. The molecule has 0 aromatic heterocycles. The second-order valence-electron chi connectivity index (χ2n) is 6.06. The Balaban J connectivity index is 5.02. The van der Waals surface area contributed by atoms with Crippen LogP contribution in [0.3, 0.4) is 0 Å². The number of ether oxygens (including phenoxy) is 2. The van der Waals surface area contributed by atoms with Crippen LogP contribution < -0.4 is 0 Å². The van der Waals surface area contributed by atoms with Gasteiger partial charge in [-0.05, 0) is 6.42 Å². The molecule has 0 fully saturated rings. The molecule has 0 spiro atoms. The van der Waals surface area contributed by atoms with Crippen molar-refractivity contribution in [2.75, 3.05) is 39.6 Å². The van der Waals surface area contributed by atoms with Gasteiger partial charge in [-0.2, -0.15) is 35.1 Å². The van der Waals surface area contributed by atoms with Crippen LogP contribution in [0.25, 0.3) is 0 Å². The summed E-state index contributed by atoms with van der Waals surface area (Å²) in [5.74, 6) is -25.2. The molecule has 2 N–H and O–H groups in total. The molecule has 0 radical (unpaired) electrons. The van der Waals surface area contributed by atoms with Crippen LogP contribution in [0.5, 0.6) is 0 Å². The Bertz CT molecular complexity index is 417. The summed E-state index contributed by atoms with van der Waals surface area (Å²) < 4.78 is 117. The number of hydrogen-bond donors (Lipinski definition) is 2. The van der Waals surface area contributed by atoms with Crippen molar-refractivity contribution in [3.05, 3.63) is 0 Å². The Morgan fingerprint density at radius 1 is 0.741 bits per heavy atom. The van der Waals surface area contributed by atoms with Gasteiger partial charge in [-0.3, -0.25) is 0 Å². The molecule has 0 atom stereocenters. The average molecular weight is 420 g/mol. The largest absolute Gasteiger partial charge is 0.396 e. The lowest BCUT2D eigenvalue weighted by atomic mass is 9.99. The van der Waals surface area contributed by atoms with Crippen LogP contribution in [0.2, 0.25) is 0 Å². The van der Waals surface area contributed by atoms with Crippen molar-refractivity contribution in [2.45, 2.75) is 49.9 Å². The monoisotopic (exact) mass is 420 g/mol. The van der Waals surface area contributed by atoms with Gasteiger partial charge in [0, 0.05) is 12.5 Å². The van der Waals surface area contributed by atoms with Crippen molar-refractivity contribution in [1.82, 2.24) is 0 Å². The van der Waals surface area contributed by atoms with Gasteiger partial charge >= 0.3 is 23.7 Å². The van der Waals surface area contributed by atoms with Crippen molar-refractivity contribution in [3.63, 3.8) is 0 Å². The van der Waals surface area contributed by atoms with E-state index in [0.717, 1.165) is 0 Å². The minimum absolute atomic E-state index is 0.218. The van der Waals surface area contributed by atoms with Gasteiger partial charge in [-0.15, -0.1) is 0 Å². The van der Waals surface area contributed by atoms with Crippen LogP contribution in [-0.2, 0) is 9.47 Å². The number of aliphatic hydroxyl groups is 2. The van der Waals surface area contributed by atoms with Crippen LogP contribution in [0.1, 0.15) is 26.2 Å². The maximum atomic E-state index is 13.6. The first-order valence-corrected chi connectivity index (χ1v) is 8.19. The molecule has 0 saturated carbocycles. The van der Waals surface area contributed by atoms with Crippen molar-refractivity contribution < 1.29 is 54.8 Å². The molecule has 12 heteroatoms. The van der Waals surface area contributed by atoms with E-state index >= 15 is 0 Å². The van der Waals surface area contributed by atoms with E-state index in [9.17, 15) is 35.1 Å². The molecule has 27 heavy (non-hydrogen) atoms. The fourth-order valence-corrected chi connectivity index (χ4v) is 1.81. The van der Waals surface area contributed by atoms with Gasteiger partial charge < -0.3 is 19.7 Å². The predicted octanol–water partition coefficient (Wildman–Crippen LogP) is 3.35. The van der Waals surface area contributed by atoms with Crippen molar-refractivity contribution in [1.29, 1.82) is 0 Å². The number of hydrogen-bond acceptors (Lipinski definition) is 4. The van der Waals surface area contributed by atoms with Gasteiger partial charge in [-0.25, -0.2) is 0 Å². The van der Waals surface area contributed by atoms with Gasteiger partial charge in [0.2, 0.25) is 0 Å². The predicted molar refractivity (Wildman–Crippen MR) is 78.6 cm³/mol. The number of halogens is 8. The smallest absolute Gasteiger partial charge is 0.380 e. The number of alkyl halides is 8. The molecule has 0 saturated heterocycles. The molecule has 4 nitrogen and oxygen atoms in total. The third kappa shape index (κ3) is 6.68.